The van der Waals surface area contributed by atoms with Crippen LogP contribution in [0.5, 0.6) is 5.75 Å². The molecule has 0 radical (unpaired) electrons. The third kappa shape index (κ3) is 1.34. The highest BCUT2D eigenvalue weighted by atomic mass is 16.5. The normalized spacial score (nSPS) is 18.7. The summed E-state index contributed by atoms with van der Waals surface area (Å²) in [5.41, 5.74) is 1.69. The zero-order valence-electron chi connectivity index (χ0n) is 7.28. The molecule has 0 aromatic heterocycles. The van der Waals surface area contributed by atoms with Crippen LogP contribution in [-0.4, -0.2) is 12.2 Å². The Bertz CT molecular complexity index is 381. The smallest absolute Gasteiger partial charge is 0.240 e. The molecule has 3 heteroatoms. The molecule has 1 aliphatic rings. The van der Waals surface area contributed by atoms with Crippen molar-refractivity contribution in [3.8, 4) is 5.75 Å². The van der Waals surface area contributed by atoms with Crippen LogP contribution in [0.15, 0.2) is 23.2 Å². The molecule has 0 amide bonds. The molecule has 13 heavy (non-hydrogen) atoms. The SMILES string of the molecule is CC1Cc2c(N=C=O)cccc2O1. The number of carbonyl (C=O) groups excluding carboxylic acids is 1. The lowest BCUT2D eigenvalue weighted by Gasteiger charge is -2.01. The summed E-state index contributed by atoms with van der Waals surface area (Å²) in [6, 6.07) is 5.51. The number of hydrogen-bond donors (Lipinski definition) is 0. The van der Waals surface area contributed by atoms with Gasteiger partial charge in [-0.25, -0.2) is 4.79 Å². The van der Waals surface area contributed by atoms with E-state index in [1.165, 1.54) is 0 Å². The van der Waals surface area contributed by atoms with Gasteiger partial charge in [-0.2, -0.15) is 4.99 Å². The molecule has 0 saturated heterocycles. The van der Waals surface area contributed by atoms with Crippen molar-refractivity contribution in [2.45, 2.75) is 19.4 Å². The van der Waals surface area contributed by atoms with E-state index in [0.717, 1.165) is 17.7 Å². The lowest BCUT2D eigenvalue weighted by Crippen LogP contribution is -2.05. The molecular weight excluding hydrogens is 166 g/mol. The van der Waals surface area contributed by atoms with Crippen LogP contribution in [-0.2, 0) is 11.2 Å². The van der Waals surface area contributed by atoms with E-state index in [-0.39, 0.29) is 6.10 Å². The van der Waals surface area contributed by atoms with Crippen molar-refractivity contribution in [2.75, 3.05) is 0 Å². The summed E-state index contributed by atoms with van der Waals surface area (Å²) in [6.07, 6.45) is 2.54. The topological polar surface area (TPSA) is 38.7 Å². The Balaban J connectivity index is 2.51. The molecule has 2 rings (SSSR count). The van der Waals surface area contributed by atoms with Crippen molar-refractivity contribution in [3.63, 3.8) is 0 Å². The summed E-state index contributed by atoms with van der Waals surface area (Å²) in [4.78, 5) is 13.8. The van der Waals surface area contributed by atoms with Gasteiger partial charge in [-0.1, -0.05) is 6.07 Å². The van der Waals surface area contributed by atoms with Gasteiger partial charge >= 0.3 is 0 Å². The van der Waals surface area contributed by atoms with Gasteiger partial charge in [0.1, 0.15) is 11.9 Å². The van der Waals surface area contributed by atoms with Gasteiger partial charge in [-0.3, -0.25) is 0 Å². The molecule has 1 atom stereocenters. The minimum atomic E-state index is 0.179. The average molecular weight is 175 g/mol. The first-order chi connectivity index (χ1) is 6.31. The zero-order chi connectivity index (χ0) is 9.26. The molecule has 1 aliphatic heterocycles. The van der Waals surface area contributed by atoms with Crippen molar-refractivity contribution in [1.82, 2.24) is 0 Å². The monoisotopic (exact) mass is 175 g/mol. The second kappa shape index (κ2) is 3.04. The molecule has 1 aromatic carbocycles. The number of ether oxygens (including phenoxy) is 1. The van der Waals surface area contributed by atoms with E-state index in [0.29, 0.717) is 5.69 Å². The quantitative estimate of drug-likeness (QED) is 0.483. The van der Waals surface area contributed by atoms with Crippen molar-refractivity contribution in [1.29, 1.82) is 0 Å². The third-order valence-electron chi connectivity index (χ3n) is 2.09. The number of hydrogen-bond acceptors (Lipinski definition) is 3. The Morgan fingerprint density at radius 2 is 2.46 bits per heavy atom. The van der Waals surface area contributed by atoms with Crippen LogP contribution in [0.25, 0.3) is 0 Å². The Kier molecular flexibility index (Phi) is 1.87. The summed E-state index contributed by atoms with van der Waals surface area (Å²) in [5.74, 6) is 0.837. The van der Waals surface area contributed by atoms with E-state index in [1.54, 1.807) is 12.1 Å². The fourth-order valence-corrected chi connectivity index (χ4v) is 1.57. The molecule has 1 heterocycles. The first-order valence-corrected chi connectivity index (χ1v) is 4.17. The number of aliphatic imine (C=N–C) groups is 1. The van der Waals surface area contributed by atoms with E-state index >= 15 is 0 Å². The maximum absolute atomic E-state index is 10.1. The zero-order valence-corrected chi connectivity index (χ0v) is 7.28. The van der Waals surface area contributed by atoms with E-state index in [4.69, 9.17) is 4.74 Å². The molecule has 1 unspecified atom stereocenters. The molecule has 3 nitrogen and oxygen atoms in total. The largest absolute Gasteiger partial charge is 0.490 e. The Morgan fingerprint density at radius 1 is 1.62 bits per heavy atom. The number of benzene rings is 1. The second-order valence-corrected chi connectivity index (χ2v) is 3.09. The Hall–Kier alpha value is -1.60. The lowest BCUT2D eigenvalue weighted by molar-refractivity contribution is 0.254. The minimum Gasteiger partial charge on any atom is -0.490 e. The molecule has 0 N–H and O–H groups in total. The van der Waals surface area contributed by atoms with Gasteiger partial charge < -0.3 is 4.74 Å². The van der Waals surface area contributed by atoms with Crippen molar-refractivity contribution in [2.24, 2.45) is 4.99 Å². The van der Waals surface area contributed by atoms with Crippen molar-refractivity contribution < 1.29 is 9.53 Å². The fraction of sp³-hybridized carbons (Fsp3) is 0.300. The summed E-state index contributed by atoms with van der Waals surface area (Å²) < 4.78 is 5.50. The number of isocyanates is 1. The van der Waals surface area contributed by atoms with Crippen LogP contribution in [0.3, 0.4) is 0 Å². The van der Waals surface area contributed by atoms with Crippen LogP contribution < -0.4 is 4.74 Å². The van der Waals surface area contributed by atoms with Gasteiger partial charge in [-0.15, -0.1) is 0 Å². The highest BCUT2D eigenvalue weighted by Gasteiger charge is 2.21. The maximum Gasteiger partial charge on any atom is 0.240 e. The Labute approximate surface area is 76.1 Å². The predicted octanol–water partition coefficient (Wildman–Crippen LogP) is 1.98. The maximum atomic E-state index is 10.1. The molecule has 0 fully saturated rings. The van der Waals surface area contributed by atoms with Gasteiger partial charge in [0.25, 0.3) is 0 Å². The molecular formula is C10H9NO2. The molecule has 0 bridgehead atoms. The third-order valence-corrected chi connectivity index (χ3v) is 2.09. The van der Waals surface area contributed by atoms with E-state index < -0.39 is 0 Å². The summed E-state index contributed by atoms with van der Waals surface area (Å²) in [6.45, 7) is 1.99. The van der Waals surface area contributed by atoms with Crippen LogP contribution >= 0.6 is 0 Å². The average Bonchev–Trinajstić information content (AvgIpc) is 2.47. The summed E-state index contributed by atoms with van der Waals surface area (Å²) in [5, 5.41) is 0. The first kappa shape index (κ1) is 8.02. The summed E-state index contributed by atoms with van der Waals surface area (Å²) in [7, 11) is 0. The Morgan fingerprint density at radius 3 is 3.23 bits per heavy atom. The van der Waals surface area contributed by atoms with Gasteiger partial charge in [-0.05, 0) is 19.1 Å². The van der Waals surface area contributed by atoms with Gasteiger partial charge in [0.15, 0.2) is 0 Å². The second-order valence-electron chi connectivity index (χ2n) is 3.09. The lowest BCUT2D eigenvalue weighted by atomic mass is 10.1. The fourth-order valence-electron chi connectivity index (χ4n) is 1.57. The predicted molar refractivity (Wildman–Crippen MR) is 48.0 cm³/mol. The molecule has 0 spiro atoms. The van der Waals surface area contributed by atoms with Gasteiger partial charge in [0, 0.05) is 12.0 Å². The van der Waals surface area contributed by atoms with Gasteiger partial charge in [0.05, 0.1) is 5.69 Å². The van der Waals surface area contributed by atoms with E-state index in [1.807, 2.05) is 19.1 Å². The summed E-state index contributed by atoms with van der Waals surface area (Å²) >= 11 is 0. The molecule has 1 aromatic rings. The number of fused-ring (bicyclic) bond motifs is 1. The number of nitrogens with zero attached hydrogens (tertiary/aromatic N) is 1. The molecule has 0 aliphatic carbocycles. The molecule has 0 saturated carbocycles. The standard InChI is InChI=1S/C10H9NO2/c1-7-5-8-9(11-6-12)3-2-4-10(8)13-7/h2-4,7H,5H2,1H3. The minimum absolute atomic E-state index is 0.179. The van der Waals surface area contributed by atoms with Crippen LogP contribution in [0.1, 0.15) is 12.5 Å². The first-order valence-electron chi connectivity index (χ1n) is 4.17. The highest BCUT2D eigenvalue weighted by Crippen LogP contribution is 2.35. The van der Waals surface area contributed by atoms with E-state index in [9.17, 15) is 4.79 Å². The van der Waals surface area contributed by atoms with Crippen LogP contribution in [0.4, 0.5) is 5.69 Å². The molecule has 66 valence electrons. The van der Waals surface area contributed by atoms with Gasteiger partial charge in [0.2, 0.25) is 6.08 Å². The van der Waals surface area contributed by atoms with Crippen LogP contribution in [0.2, 0.25) is 0 Å². The highest BCUT2D eigenvalue weighted by molar-refractivity contribution is 5.59. The van der Waals surface area contributed by atoms with Crippen LogP contribution in [0, 0.1) is 0 Å². The van der Waals surface area contributed by atoms with Crippen molar-refractivity contribution >= 4 is 11.8 Å². The van der Waals surface area contributed by atoms with E-state index in [2.05, 4.69) is 4.99 Å². The van der Waals surface area contributed by atoms with Crippen molar-refractivity contribution in [3.05, 3.63) is 23.8 Å². The number of rotatable bonds is 1.